The molecule has 0 aliphatic rings. The first kappa shape index (κ1) is 11.0. The molecule has 0 aliphatic carbocycles. The summed E-state index contributed by atoms with van der Waals surface area (Å²) in [6.07, 6.45) is 4.65. The number of hydrogen-bond donors (Lipinski definition) is 0. The number of rotatable bonds is 5. The standard InChI is InChI=1S/C10H16O2/c1-5-7-10(3,6-2)8-9(11)12-4/h5-6H,1-2,7-8H2,3-4H3. The zero-order valence-electron chi connectivity index (χ0n) is 7.80. The minimum absolute atomic E-state index is 0.209. The van der Waals surface area contributed by atoms with Gasteiger partial charge in [0.2, 0.25) is 0 Å². The Labute approximate surface area is 73.9 Å². The monoisotopic (exact) mass is 168 g/mol. The van der Waals surface area contributed by atoms with Gasteiger partial charge in [0.25, 0.3) is 0 Å². The number of carbonyl (C=O) groups excluding carboxylic acids is 1. The maximum atomic E-state index is 11.0. The van der Waals surface area contributed by atoms with Crippen molar-refractivity contribution >= 4 is 5.97 Å². The first-order valence-corrected chi connectivity index (χ1v) is 3.89. The van der Waals surface area contributed by atoms with Crippen molar-refractivity contribution in [1.82, 2.24) is 0 Å². The van der Waals surface area contributed by atoms with E-state index in [0.717, 1.165) is 6.42 Å². The molecule has 0 aromatic rings. The van der Waals surface area contributed by atoms with E-state index in [2.05, 4.69) is 17.9 Å². The molecule has 0 N–H and O–H groups in total. The molecule has 0 fully saturated rings. The Morgan fingerprint density at radius 2 is 2.17 bits per heavy atom. The van der Waals surface area contributed by atoms with Gasteiger partial charge in [-0.1, -0.05) is 19.1 Å². The van der Waals surface area contributed by atoms with Gasteiger partial charge in [-0.05, 0) is 11.8 Å². The average Bonchev–Trinajstić information content (AvgIpc) is 2.05. The Morgan fingerprint density at radius 3 is 2.50 bits per heavy atom. The highest BCUT2D eigenvalue weighted by molar-refractivity contribution is 5.70. The minimum atomic E-state index is -0.213. The van der Waals surface area contributed by atoms with Gasteiger partial charge in [0.1, 0.15) is 0 Å². The van der Waals surface area contributed by atoms with Crippen molar-refractivity contribution in [2.75, 3.05) is 7.11 Å². The van der Waals surface area contributed by atoms with Crippen LogP contribution >= 0.6 is 0 Å². The topological polar surface area (TPSA) is 26.3 Å². The molecular weight excluding hydrogens is 152 g/mol. The van der Waals surface area contributed by atoms with E-state index >= 15 is 0 Å². The van der Waals surface area contributed by atoms with Crippen LogP contribution in [0.15, 0.2) is 25.3 Å². The number of methoxy groups -OCH3 is 1. The normalized spacial score (nSPS) is 14.5. The van der Waals surface area contributed by atoms with Crippen LogP contribution in [-0.4, -0.2) is 13.1 Å². The largest absolute Gasteiger partial charge is 0.469 e. The Morgan fingerprint density at radius 1 is 1.58 bits per heavy atom. The summed E-state index contributed by atoms with van der Waals surface area (Å²) in [5, 5.41) is 0. The number of esters is 1. The van der Waals surface area contributed by atoms with Crippen LogP contribution in [0.4, 0.5) is 0 Å². The molecule has 0 bridgehead atoms. The second kappa shape index (κ2) is 4.75. The molecule has 0 radical (unpaired) electrons. The van der Waals surface area contributed by atoms with Crippen molar-refractivity contribution < 1.29 is 9.53 Å². The van der Waals surface area contributed by atoms with Gasteiger partial charge >= 0.3 is 5.97 Å². The van der Waals surface area contributed by atoms with Gasteiger partial charge in [-0.3, -0.25) is 4.79 Å². The molecule has 1 atom stereocenters. The first-order valence-electron chi connectivity index (χ1n) is 3.89. The summed E-state index contributed by atoms with van der Waals surface area (Å²) >= 11 is 0. The molecule has 0 aromatic heterocycles. The van der Waals surface area contributed by atoms with Crippen molar-refractivity contribution in [1.29, 1.82) is 0 Å². The SMILES string of the molecule is C=CCC(C)(C=C)CC(=O)OC. The number of allylic oxidation sites excluding steroid dienone is 2. The summed E-state index contributed by atoms with van der Waals surface area (Å²) in [4.78, 5) is 11.0. The lowest BCUT2D eigenvalue weighted by atomic mass is 9.84. The van der Waals surface area contributed by atoms with E-state index in [1.54, 1.807) is 12.2 Å². The summed E-state index contributed by atoms with van der Waals surface area (Å²) in [7, 11) is 1.39. The summed E-state index contributed by atoms with van der Waals surface area (Å²) in [6.45, 7) is 9.27. The van der Waals surface area contributed by atoms with Gasteiger partial charge in [0.15, 0.2) is 0 Å². The quantitative estimate of drug-likeness (QED) is 0.465. The molecule has 68 valence electrons. The van der Waals surface area contributed by atoms with Crippen LogP contribution in [0.25, 0.3) is 0 Å². The lowest BCUT2D eigenvalue weighted by molar-refractivity contribution is -0.142. The number of carbonyl (C=O) groups is 1. The summed E-state index contributed by atoms with van der Waals surface area (Å²) < 4.78 is 4.57. The molecular formula is C10H16O2. The predicted molar refractivity (Wildman–Crippen MR) is 49.8 cm³/mol. The van der Waals surface area contributed by atoms with Crippen LogP contribution in [0.5, 0.6) is 0 Å². The fourth-order valence-electron chi connectivity index (χ4n) is 0.959. The zero-order valence-corrected chi connectivity index (χ0v) is 7.80. The summed E-state index contributed by atoms with van der Waals surface area (Å²) in [6, 6.07) is 0. The molecule has 0 aromatic carbocycles. The fourth-order valence-corrected chi connectivity index (χ4v) is 0.959. The Balaban J connectivity index is 4.21. The molecule has 0 amide bonds. The Hall–Kier alpha value is -1.05. The van der Waals surface area contributed by atoms with E-state index in [1.807, 2.05) is 6.92 Å². The van der Waals surface area contributed by atoms with Gasteiger partial charge < -0.3 is 4.74 Å². The molecule has 0 heterocycles. The van der Waals surface area contributed by atoms with Crippen LogP contribution in [0.2, 0.25) is 0 Å². The molecule has 0 rings (SSSR count). The van der Waals surface area contributed by atoms with Gasteiger partial charge in [0.05, 0.1) is 13.5 Å². The third kappa shape index (κ3) is 3.37. The van der Waals surface area contributed by atoms with Crippen LogP contribution in [0, 0.1) is 5.41 Å². The molecule has 2 heteroatoms. The smallest absolute Gasteiger partial charge is 0.306 e. The predicted octanol–water partition coefficient (Wildman–Crippen LogP) is 2.32. The van der Waals surface area contributed by atoms with Gasteiger partial charge in [-0.25, -0.2) is 0 Å². The molecule has 0 saturated heterocycles. The fraction of sp³-hybridized carbons (Fsp3) is 0.500. The maximum Gasteiger partial charge on any atom is 0.306 e. The third-order valence-corrected chi connectivity index (χ3v) is 1.88. The molecule has 0 aliphatic heterocycles. The van der Waals surface area contributed by atoms with E-state index < -0.39 is 0 Å². The van der Waals surface area contributed by atoms with E-state index in [9.17, 15) is 4.79 Å². The zero-order chi connectivity index (χ0) is 9.61. The van der Waals surface area contributed by atoms with Crippen molar-refractivity contribution in [3.05, 3.63) is 25.3 Å². The minimum Gasteiger partial charge on any atom is -0.469 e. The van der Waals surface area contributed by atoms with Crippen molar-refractivity contribution in [3.8, 4) is 0 Å². The van der Waals surface area contributed by atoms with Crippen molar-refractivity contribution in [3.63, 3.8) is 0 Å². The number of ether oxygens (including phenoxy) is 1. The first-order chi connectivity index (χ1) is 5.58. The van der Waals surface area contributed by atoms with Gasteiger partial charge in [-0.15, -0.1) is 13.2 Å². The lowest BCUT2D eigenvalue weighted by Crippen LogP contribution is -2.18. The third-order valence-electron chi connectivity index (χ3n) is 1.88. The van der Waals surface area contributed by atoms with E-state index in [-0.39, 0.29) is 11.4 Å². The van der Waals surface area contributed by atoms with Crippen LogP contribution in [0.3, 0.4) is 0 Å². The van der Waals surface area contributed by atoms with E-state index in [0.29, 0.717) is 6.42 Å². The molecule has 0 spiro atoms. The maximum absolute atomic E-state index is 11.0. The number of hydrogen-bond acceptors (Lipinski definition) is 2. The van der Waals surface area contributed by atoms with Gasteiger partial charge in [-0.2, -0.15) is 0 Å². The highest BCUT2D eigenvalue weighted by Crippen LogP contribution is 2.27. The van der Waals surface area contributed by atoms with Crippen molar-refractivity contribution in [2.24, 2.45) is 5.41 Å². The summed E-state index contributed by atoms with van der Waals surface area (Å²) in [5.74, 6) is -0.209. The second-order valence-electron chi connectivity index (χ2n) is 3.10. The van der Waals surface area contributed by atoms with E-state index in [4.69, 9.17) is 0 Å². The van der Waals surface area contributed by atoms with Crippen LogP contribution < -0.4 is 0 Å². The average molecular weight is 168 g/mol. The summed E-state index contributed by atoms with van der Waals surface area (Å²) in [5.41, 5.74) is -0.213. The molecule has 1 unspecified atom stereocenters. The highest BCUT2D eigenvalue weighted by atomic mass is 16.5. The molecule has 0 saturated carbocycles. The second-order valence-corrected chi connectivity index (χ2v) is 3.10. The highest BCUT2D eigenvalue weighted by Gasteiger charge is 2.22. The van der Waals surface area contributed by atoms with Crippen LogP contribution in [-0.2, 0) is 9.53 Å². The van der Waals surface area contributed by atoms with E-state index in [1.165, 1.54) is 7.11 Å². The van der Waals surface area contributed by atoms with Crippen molar-refractivity contribution in [2.45, 2.75) is 19.8 Å². The lowest BCUT2D eigenvalue weighted by Gasteiger charge is -2.21. The van der Waals surface area contributed by atoms with Gasteiger partial charge in [0, 0.05) is 0 Å². The van der Waals surface area contributed by atoms with Crippen LogP contribution in [0.1, 0.15) is 19.8 Å². The Kier molecular flexibility index (Phi) is 4.34. The Bertz CT molecular complexity index is 184. The molecule has 12 heavy (non-hydrogen) atoms. The molecule has 2 nitrogen and oxygen atoms in total.